The van der Waals surface area contributed by atoms with Gasteiger partial charge in [0.05, 0.1) is 0 Å². The van der Waals surface area contributed by atoms with Crippen LogP contribution in [0.3, 0.4) is 0 Å². The van der Waals surface area contributed by atoms with Crippen LogP contribution in [-0.2, 0) is 4.79 Å². The molecule has 0 aromatic heterocycles. The molecule has 18 heavy (non-hydrogen) atoms. The van der Waals surface area contributed by atoms with Crippen molar-refractivity contribution in [2.45, 2.75) is 12.8 Å². The molecule has 4 nitrogen and oxygen atoms in total. The fourth-order valence-corrected chi connectivity index (χ4v) is 1.91. The fourth-order valence-electron chi connectivity index (χ4n) is 1.74. The number of para-hydroxylation sites is 1. The Hall–Kier alpha value is -1.62. The van der Waals surface area contributed by atoms with Gasteiger partial charge in [-0.25, -0.2) is 0 Å². The summed E-state index contributed by atoms with van der Waals surface area (Å²) in [4.78, 5) is 13.6. The molecule has 5 heteroatoms. The van der Waals surface area contributed by atoms with Crippen LogP contribution >= 0.6 is 12.2 Å². The number of nitrogens with two attached hydrogens (primary N) is 1. The minimum absolute atomic E-state index is 0.0611. The summed E-state index contributed by atoms with van der Waals surface area (Å²) in [5, 5.41) is 2.61. The third-order valence-electron chi connectivity index (χ3n) is 2.76. The van der Waals surface area contributed by atoms with E-state index in [4.69, 9.17) is 18.0 Å². The number of benzene rings is 1. The first-order valence-corrected chi connectivity index (χ1v) is 6.27. The molecule has 0 heterocycles. The van der Waals surface area contributed by atoms with Crippen LogP contribution in [0.4, 0.5) is 5.69 Å². The lowest BCUT2D eigenvalue weighted by Crippen LogP contribution is -2.25. The molecule has 0 saturated carbocycles. The number of amides is 1. The first kappa shape index (κ1) is 14.4. The third-order valence-corrected chi connectivity index (χ3v) is 2.98. The molecule has 0 fully saturated rings. The van der Waals surface area contributed by atoms with E-state index in [1.54, 1.807) is 7.05 Å². The molecular formula is C13H19N3OS. The Morgan fingerprint density at radius 1 is 1.44 bits per heavy atom. The van der Waals surface area contributed by atoms with Gasteiger partial charge in [-0.1, -0.05) is 24.4 Å². The summed E-state index contributed by atoms with van der Waals surface area (Å²) >= 11 is 5.03. The topological polar surface area (TPSA) is 58.4 Å². The van der Waals surface area contributed by atoms with Crippen LogP contribution in [0.25, 0.3) is 0 Å². The molecular weight excluding hydrogens is 246 g/mol. The van der Waals surface area contributed by atoms with Crippen LogP contribution < -0.4 is 16.0 Å². The van der Waals surface area contributed by atoms with E-state index < -0.39 is 0 Å². The Bertz CT molecular complexity index is 434. The summed E-state index contributed by atoms with van der Waals surface area (Å²) in [5.41, 5.74) is 7.56. The largest absolute Gasteiger partial charge is 0.389 e. The first-order valence-electron chi connectivity index (χ1n) is 5.86. The first-order chi connectivity index (χ1) is 8.56. The lowest BCUT2D eigenvalue weighted by Gasteiger charge is -2.21. The van der Waals surface area contributed by atoms with Gasteiger partial charge in [0.2, 0.25) is 5.91 Å². The number of thiocarbonyl (C=S) groups is 1. The minimum atomic E-state index is 0.0611. The van der Waals surface area contributed by atoms with Gasteiger partial charge in [0, 0.05) is 38.3 Å². The Morgan fingerprint density at radius 3 is 2.72 bits per heavy atom. The standard InChI is InChI=1S/C13H19N3OS/c1-15-12(17)8-5-9-16(2)11-7-4-3-6-10(11)13(14)18/h3-4,6-7H,5,8-9H2,1-2H3,(H2,14,18)(H,15,17). The summed E-state index contributed by atoms with van der Waals surface area (Å²) in [6.07, 6.45) is 1.32. The molecule has 0 unspecified atom stereocenters. The van der Waals surface area contributed by atoms with Crippen molar-refractivity contribution in [1.29, 1.82) is 0 Å². The molecule has 0 spiro atoms. The Labute approximate surface area is 113 Å². The molecule has 1 aromatic carbocycles. The van der Waals surface area contributed by atoms with Crippen molar-refractivity contribution in [3.05, 3.63) is 29.8 Å². The van der Waals surface area contributed by atoms with E-state index >= 15 is 0 Å². The van der Waals surface area contributed by atoms with Gasteiger partial charge in [0.1, 0.15) is 4.99 Å². The Kier molecular flexibility index (Phi) is 5.58. The molecule has 0 aliphatic carbocycles. The molecule has 0 saturated heterocycles. The van der Waals surface area contributed by atoms with Crippen molar-refractivity contribution in [2.75, 3.05) is 25.5 Å². The average molecular weight is 265 g/mol. The summed E-state index contributed by atoms with van der Waals surface area (Å²) < 4.78 is 0. The van der Waals surface area contributed by atoms with Crippen molar-refractivity contribution >= 4 is 28.8 Å². The van der Waals surface area contributed by atoms with Gasteiger partial charge in [-0.15, -0.1) is 0 Å². The molecule has 0 atom stereocenters. The van der Waals surface area contributed by atoms with E-state index in [1.165, 1.54) is 0 Å². The summed E-state index contributed by atoms with van der Waals surface area (Å²) in [5.74, 6) is 0.0611. The number of hydrogen-bond donors (Lipinski definition) is 2. The second-order valence-electron chi connectivity index (χ2n) is 4.08. The molecule has 98 valence electrons. The maximum Gasteiger partial charge on any atom is 0.219 e. The molecule has 0 bridgehead atoms. The van der Waals surface area contributed by atoms with Crippen molar-refractivity contribution in [1.82, 2.24) is 5.32 Å². The molecule has 0 aliphatic heterocycles. The number of nitrogens with one attached hydrogen (secondary N) is 1. The molecule has 1 rings (SSSR count). The van der Waals surface area contributed by atoms with Gasteiger partial charge in [0.25, 0.3) is 0 Å². The van der Waals surface area contributed by atoms with Crippen LogP contribution in [-0.4, -0.2) is 31.5 Å². The van der Waals surface area contributed by atoms with E-state index in [0.29, 0.717) is 11.4 Å². The summed E-state index contributed by atoms with van der Waals surface area (Å²) in [7, 11) is 3.62. The monoisotopic (exact) mass is 265 g/mol. The van der Waals surface area contributed by atoms with Gasteiger partial charge < -0.3 is 16.0 Å². The predicted octanol–water partition coefficient (Wildman–Crippen LogP) is 1.28. The number of carbonyl (C=O) groups is 1. The number of anilines is 1. The SMILES string of the molecule is CNC(=O)CCCN(C)c1ccccc1C(N)=S. The van der Waals surface area contributed by atoms with Crippen LogP contribution in [0.2, 0.25) is 0 Å². The maximum absolute atomic E-state index is 11.1. The van der Waals surface area contributed by atoms with E-state index in [2.05, 4.69) is 10.2 Å². The average Bonchev–Trinajstić information content (AvgIpc) is 2.38. The predicted molar refractivity (Wildman–Crippen MR) is 78.9 cm³/mol. The highest BCUT2D eigenvalue weighted by atomic mass is 32.1. The van der Waals surface area contributed by atoms with E-state index in [1.807, 2.05) is 31.3 Å². The van der Waals surface area contributed by atoms with Gasteiger partial charge in [-0.2, -0.15) is 0 Å². The molecule has 1 aromatic rings. The van der Waals surface area contributed by atoms with Gasteiger partial charge >= 0.3 is 0 Å². The summed E-state index contributed by atoms with van der Waals surface area (Å²) in [6, 6.07) is 7.75. The zero-order chi connectivity index (χ0) is 13.5. The third kappa shape index (κ3) is 4.00. The smallest absolute Gasteiger partial charge is 0.219 e. The van der Waals surface area contributed by atoms with Crippen LogP contribution in [0.15, 0.2) is 24.3 Å². The van der Waals surface area contributed by atoms with Crippen LogP contribution in [0.5, 0.6) is 0 Å². The van der Waals surface area contributed by atoms with E-state index in [-0.39, 0.29) is 5.91 Å². The number of carbonyl (C=O) groups excluding carboxylic acids is 1. The fraction of sp³-hybridized carbons (Fsp3) is 0.385. The van der Waals surface area contributed by atoms with Crippen molar-refractivity contribution in [3.8, 4) is 0 Å². The highest BCUT2D eigenvalue weighted by Gasteiger charge is 2.09. The zero-order valence-corrected chi connectivity index (χ0v) is 11.6. The highest BCUT2D eigenvalue weighted by molar-refractivity contribution is 7.80. The van der Waals surface area contributed by atoms with Crippen LogP contribution in [0.1, 0.15) is 18.4 Å². The van der Waals surface area contributed by atoms with E-state index in [0.717, 1.165) is 24.2 Å². The second-order valence-corrected chi connectivity index (χ2v) is 4.52. The van der Waals surface area contributed by atoms with Crippen molar-refractivity contribution in [2.24, 2.45) is 5.73 Å². The van der Waals surface area contributed by atoms with Crippen molar-refractivity contribution < 1.29 is 4.79 Å². The lowest BCUT2D eigenvalue weighted by molar-refractivity contribution is -0.120. The van der Waals surface area contributed by atoms with Gasteiger partial charge in [-0.05, 0) is 18.6 Å². The molecule has 1 amide bonds. The Balaban J connectivity index is 2.64. The van der Waals surface area contributed by atoms with Crippen molar-refractivity contribution in [3.63, 3.8) is 0 Å². The second kappa shape index (κ2) is 6.96. The van der Waals surface area contributed by atoms with Gasteiger partial charge in [-0.3, -0.25) is 4.79 Å². The maximum atomic E-state index is 11.1. The molecule has 0 radical (unpaired) electrons. The quantitative estimate of drug-likeness (QED) is 0.761. The highest BCUT2D eigenvalue weighted by Crippen LogP contribution is 2.19. The number of hydrogen-bond acceptors (Lipinski definition) is 3. The number of rotatable bonds is 6. The number of nitrogens with zero attached hydrogens (tertiary/aromatic N) is 1. The summed E-state index contributed by atoms with van der Waals surface area (Å²) in [6.45, 7) is 0.785. The van der Waals surface area contributed by atoms with E-state index in [9.17, 15) is 4.79 Å². The van der Waals surface area contributed by atoms with Gasteiger partial charge in [0.15, 0.2) is 0 Å². The zero-order valence-electron chi connectivity index (χ0n) is 10.8. The van der Waals surface area contributed by atoms with Crippen LogP contribution in [0, 0.1) is 0 Å². The normalized spacial score (nSPS) is 9.89. The minimum Gasteiger partial charge on any atom is -0.389 e. The Morgan fingerprint density at radius 2 is 2.11 bits per heavy atom. The lowest BCUT2D eigenvalue weighted by atomic mass is 10.1. The molecule has 3 N–H and O–H groups in total. The molecule has 0 aliphatic rings.